The van der Waals surface area contributed by atoms with E-state index in [4.69, 9.17) is 4.74 Å². The van der Waals surface area contributed by atoms with Crippen molar-refractivity contribution in [3.63, 3.8) is 0 Å². The van der Waals surface area contributed by atoms with Crippen molar-refractivity contribution in [1.82, 2.24) is 10.6 Å². The quantitative estimate of drug-likeness (QED) is 0.326. The van der Waals surface area contributed by atoms with Gasteiger partial charge in [-0.2, -0.15) is 11.8 Å². The first-order valence-electron chi connectivity index (χ1n) is 7.32. The number of nitrogens with one attached hydrogen (secondary N) is 2. The molecule has 0 radical (unpaired) electrons. The topological polar surface area (TPSA) is 114 Å². The number of aliphatic hydroxyl groups excluding tert-OH is 4. The fraction of sp³-hybridized carbons (Fsp3) is 1.00. The lowest BCUT2D eigenvalue weighted by atomic mass is 9.89. The van der Waals surface area contributed by atoms with Gasteiger partial charge in [-0.3, -0.25) is 0 Å². The van der Waals surface area contributed by atoms with E-state index in [1.165, 1.54) is 0 Å². The van der Waals surface area contributed by atoms with Gasteiger partial charge in [0, 0.05) is 37.3 Å². The monoisotopic (exact) mass is 322 g/mol. The van der Waals surface area contributed by atoms with Gasteiger partial charge in [-0.05, 0) is 6.26 Å². The Morgan fingerprint density at radius 2 is 1.81 bits per heavy atom. The van der Waals surface area contributed by atoms with Crippen molar-refractivity contribution in [3.05, 3.63) is 0 Å². The third-order valence-electron chi connectivity index (χ3n) is 4.30. The Hall–Kier alpha value is 0.0700. The van der Waals surface area contributed by atoms with E-state index in [0.717, 1.165) is 6.54 Å². The first-order chi connectivity index (χ1) is 10.0. The summed E-state index contributed by atoms with van der Waals surface area (Å²) in [5, 5.41) is 46.1. The minimum absolute atomic E-state index is 0.0284. The molecule has 0 aromatic heterocycles. The van der Waals surface area contributed by atoms with E-state index in [9.17, 15) is 20.4 Å². The molecule has 2 saturated heterocycles. The number of piperidine rings is 2. The van der Waals surface area contributed by atoms with Crippen LogP contribution in [0.3, 0.4) is 0 Å². The van der Waals surface area contributed by atoms with Crippen LogP contribution in [0.2, 0.25) is 0 Å². The fourth-order valence-electron chi connectivity index (χ4n) is 2.86. The largest absolute Gasteiger partial charge is 0.390 e. The Labute approximate surface area is 129 Å². The predicted molar refractivity (Wildman–Crippen MR) is 80.3 cm³/mol. The summed E-state index contributed by atoms with van der Waals surface area (Å²) < 4.78 is 5.63. The summed E-state index contributed by atoms with van der Waals surface area (Å²) in [5.41, 5.74) is 0. The van der Waals surface area contributed by atoms with E-state index in [2.05, 4.69) is 10.6 Å². The van der Waals surface area contributed by atoms with Crippen molar-refractivity contribution in [2.24, 2.45) is 5.92 Å². The second-order valence-corrected chi connectivity index (χ2v) is 6.82. The van der Waals surface area contributed by atoms with Crippen LogP contribution in [0.15, 0.2) is 0 Å². The molecular formula is C13H26N2O5S. The van der Waals surface area contributed by atoms with Crippen molar-refractivity contribution < 1.29 is 25.2 Å². The molecule has 0 aromatic rings. The molecule has 7 nitrogen and oxygen atoms in total. The van der Waals surface area contributed by atoms with Crippen LogP contribution in [0.4, 0.5) is 0 Å². The zero-order valence-corrected chi connectivity index (χ0v) is 13.0. The lowest BCUT2D eigenvalue weighted by Crippen LogP contribution is -2.56. The molecule has 0 aromatic carbocycles. The van der Waals surface area contributed by atoms with Gasteiger partial charge in [0.1, 0.15) is 0 Å². The average molecular weight is 322 g/mol. The second kappa shape index (κ2) is 8.07. The van der Waals surface area contributed by atoms with Crippen LogP contribution >= 0.6 is 11.8 Å². The van der Waals surface area contributed by atoms with E-state index < -0.39 is 30.3 Å². The molecule has 0 saturated carbocycles. The Bertz CT molecular complexity index is 325. The van der Waals surface area contributed by atoms with Gasteiger partial charge in [0.15, 0.2) is 0 Å². The summed E-state index contributed by atoms with van der Waals surface area (Å²) in [6.07, 6.45) is -1.72. The predicted octanol–water partition coefficient (Wildman–Crippen LogP) is -2.63. The molecule has 2 rings (SSSR count). The highest BCUT2D eigenvalue weighted by molar-refractivity contribution is 7.99. The number of ether oxygens (including phenoxy) is 1. The summed E-state index contributed by atoms with van der Waals surface area (Å²) in [7, 11) is 0. The van der Waals surface area contributed by atoms with Crippen LogP contribution < -0.4 is 10.6 Å². The first kappa shape index (κ1) is 17.4. The Kier molecular flexibility index (Phi) is 6.70. The average Bonchev–Trinajstić information content (AvgIpc) is 2.48. The van der Waals surface area contributed by atoms with Crippen LogP contribution in [-0.4, -0.2) is 95.2 Å². The van der Waals surface area contributed by atoms with Gasteiger partial charge in [-0.15, -0.1) is 0 Å². The zero-order valence-electron chi connectivity index (χ0n) is 12.2. The lowest BCUT2D eigenvalue weighted by molar-refractivity contribution is -0.117. The van der Waals surface area contributed by atoms with E-state index >= 15 is 0 Å². The molecule has 2 aliphatic heterocycles. The highest BCUT2D eigenvalue weighted by Gasteiger charge is 2.37. The molecule has 7 atom stereocenters. The number of thioether (sulfide) groups is 1. The van der Waals surface area contributed by atoms with Crippen molar-refractivity contribution >= 4 is 11.8 Å². The van der Waals surface area contributed by atoms with E-state index in [1.807, 2.05) is 6.26 Å². The normalized spacial score (nSPS) is 42.7. The molecule has 0 spiro atoms. The molecule has 124 valence electrons. The number of hydrogen-bond donors (Lipinski definition) is 6. The van der Waals surface area contributed by atoms with Gasteiger partial charge in [-0.1, -0.05) is 0 Å². The maximum Gasteiger partial charge on any atom is 0.0970 e. The highest BCUT2D eigenvalue weighted by atomic mass is 32.2. The Morgan fingerprint density at radius 3 is 2.52 bits per heavy atom. The molecule has 0 bridgehead atoms. The molecular weight excluding hydrogens is 296 g/mol. The lowest BCUT2D eigenvalue weighted by Gasteiger charge is -2.37. The van der Waals surface area contributed by atoms with Crippen LogP contribution in [0.25, 0.3) is 0 Å². The van der Waals surface area contributed by atoms with Crippen LogP contribution in [0, 0.1) is 5.92 Å². The van der Waals surface area contributed by atoms with Crippen molar-refractivity contribution in [1.29, 1.82) is 0 Å². The summed E-state index contributed by atoms with van der Waals surface area (Å²) in [5.74, 6) is -0.473. The van der Waals surface area contributed by atoms with E-state index in [0.29, 0.717) is 19.6 Å². The number of rotatable bonds is 5. The summed E-state index contributed by atoms with van der Waals surface area (Å²) >= 11 is 1.58. The number of aliphatic hydroxyl groups is 4. The van der Waals surface area contributed by atoms with Gasteiger partial charge < -0.3 is 35.8 Å². The highest BCUT2D eigenvalue weighted by Crippen LogP contribution is 2.21. The summed E-state index contributed by atoms with van der Waals surface area (Å²) in [6, 6.07) is 0. The van der Waals surface area contributed by atoms with Crippen molar-refractivity contribution in [2.45, 2.75) is 35.8 Å². The molecule has 2 fully saturated rings. The van der Waals surface area contributed by atoms with Crippen LogP contribution in [-0.2, 0) is 4.74 Å². The smallest absolute Gasteiger partial charge is 0.0970 e. The molecule has 6 N–H and O–H groups in total. The third kappa shape index (κ3) is 4.29. The van der Waals surface area contributed by atoms with Gasteiger partial charge in [0.25, 0.3) is 0 Å². The molecule has 2 heterocycles. The summed E-state index contributed by atoms with van der Waals surface area (Å²) in [6.45, 7) is 2.06. The van der Waals surface area contributed by atoms with Gasteiger partial charge in [-0.25, -0.2) is 0 Å². The molecule has 21 heavy (non-hydrogen) atoms. The molecule has 8 heteroatoms. The SMILES string of the molecule is CS[C@H]1CNC[C@@H](OC[C@H](O)[C@H]2CNC[C@@H](O)[C@@H]2O)[C@@H]1O. The van der Waals surface area contributed by atoms with E-state index in [1.54, 1.807) is 11.8 Å². The fourth-order valence-corrected chi connectivity index (χ4v) is 3.60. The maximum absolute atomic E-state index is 10.2. The minimum Gasteiger partial charge on any atom is -0.390 e. The number of hydrogen-bond acceptors (Lipinski definition) is 8. The second-order valence-electron chi connectivity index (χ2n) is 5.74. The molecule has 2 aliphatic rings. The standard InChI is InChI=1S/C13H26N2O5S/c1-21-11-5-15-4-10(13(11)19)20-6-9(17)7-2-14-3-8(16)12(7)18/h7-19H,2-6H2,1H3/t7-,8-,9+,10-,11+,12-,13+/m1/s1. The van der Waals surface area contributed by atoms with Gasteiger partial charge in [0.2, 0.25) is 0 Å². The minimum atomic E-state index is -0.960. The van der Waals surface area contributed by atoms with Crippen molar-refractivity contribution in [2.75, 3.05) is 39.0 Å². The summed E-state index contributed by atoms with van der Waals surface area (Å²) in [4.78, 5) is 0. The molecule has 0 unspecified atom stereocenters. The Balaban J connectivity index is 1.81. The van der Waals surface area contributed by atoms with Crippen molar-refractivity contribution in [3.8, 4) is 0 Å². The third-order valence-corrected chi connectivity index (χ3v) is 5.35. The number of β-amino-alcohol motifs (C(OH)–C–C–N with tert-alkyl or cyclic N) is 1. The first-order valence-corrected chi connectivity index (χ1v) is 8.61. The zero-order chi connectivity index (χ0) is 15.4. The van der Waals surface area contributed by atoms with Gasteiger partial charge in [0.05, 0.1) is 37.1 Å². The van der Waals surface area contributed by atoms with Crippen LogP contribution in [0.1, 0.15) is 0 Å². The molecule has 0 amide bonds. The van der Waals surface area contributed by atoms with E-state index in [-0.39, 0.29) is 18.0 Å². The van der Waals surface area contributed by atoms with Gasteiger partial charge >= 0.3 is 0 Å². The Morgan fingerprint density at radius 1 is 1.10 bits per heavy atom. The van der Waals surface area contributed by atoms with Crippen LogP contribution in [0.5, 0.6) is 0 Å². The maximum atomic E-state index is 10.2. The molecule has 0 aliphatic carbocycles.